The summed E-state index contributed by atoms with van der Waals surface area (Å²) < 4.78 is 34.7. The van der Waals surface area contributed by atoms with Crippen LogP contribution in [0.25, 0.3) is 10.4 Å². The Morgan fingerprint density at radius 1 is 1.12 bits per heavy atom. The summed E-state index contributed by atoms with van der Waals surface area (Å²) in [6, 6.07) is 12.7. The molecule has 1 aromatic heterocycles. The minimum absolute atomic E-state index is 0.110. The van der Waals surface area contributed by atoms with Crippen LogP contribution in [0.1, 0.15) is 50.3 Å². The molecule has 3 aromatic rings. The van der Waals surface area contributed by atoms with Gasteiger partial charge in [-0.3, -0.25) is 4.72 Å². The van der Waals surface area contributed by atoms with Crippen LogP contribution in [0.15, 0.2) is 47.4 Å². The van der Waals surface area contributed by atoms with Gasteiger partial charge in [-0.1, -0.05) is 49.7 Å². The van der Waals surface area contributed by atoms with Gasteiger partial charge in [-0.15, -0.1) is 0 Å². The van der Waals surface area contributed by atoms with Crippen molar-refractivity contribution in [2.45, 2.75) is 57.3 Å². The highest BCUT2D eigenvalue weighted by atomic mass is 32.2. The molecule has 0 amide bonds. The molecule has 2 aromatic carbocycles. The third kappa shape index (κ3) is 5.73. The van der Waals surface area contributed by atoms with Crippen molar-refractivity contribution in [1.29, 1.82) is 0 Å². The predicted molar refractivity (Wildman–Crippen MR) is 141 cm³/mol. The average Bonchev–Trinajstić information content (AvgIpc) is 3.23. The van der Waals surface area contributed by atoms with Crippen molar-refractivity contribution >= 4 is 32.2 Å². The average molecular weight is 500 g/mol. The second-order valence-corrected chi connectivity index (χ2v) is 11.5. The molecule has 0 bridgehead atoms. The van der Waals surface area contributed by atoms with Gasteiger partial charge >= 0.3 is 0 Å². The van der Waals surface area contributed by atoms with Gasteiger partial charge in [-0.25, -0.2) is 13.4 Å². The van der Waals surface area contributed by atoms with Crippen molar-refractivity contribution in [2.75, 3.05) is 23.7 Å². The molecule has 0 atom stereocenters. The normalized spacial score (nSPS) is 14.7. The van der Waals surface area contributed by atoms with E-state index >= 15 is 0 Å². The van der Waals surface area contributed by atoms with E-state index in [9.17, 15) is 8.42 Å². The zero-order valence-corrected chi connectivity index (χ0v) is 21.7. The van der Waals surface area contributed by atoms with Crippen LogP contribution in [0.5, 0.6) is 5.75 Å². The third-order valence-corrected chi connectivity index (χ3v) is 8.93. The SMILES string of the molecule is CCc1cccc(NS(=O)(=O)c2cc(-c3sc(NCC4CCCCC4)nc3C)ccc2OC)c1. The summed E-state index contributed by atoms with van der Waals surface area (Å²) in [5, 5.41) is 4.39. The van der Waals surface area contributed by atoms with E-state index in [2.05, 4.69) is 10.0 Å². The van der Waals surface area contributed by atoms with E-state index in [-0.39, 0.29) is 4.90 Å². The fraction of sp³-hybridized carbons (Fsp3) is 0.423. The van der Waals surface area contributed by atoms with E-state index in [1.165, 1.54) is 39.2 Å². The maximum absolute atomic E-state index is 13.3. The number of hydrogen-bond acceptors (Lipinski definition) is 6. The molecule has 4 rings (SSSR count). The Bertz CT molecular complexity index is 1230. The molecule has 0 radical (unpaired) electrons. The molecule has 2 N–H and O–H groups in total. The van der Waals surface area contributed by atoms with Gasteiger partial charge in [0.1, 0.15) is 10.6 Å². The van der Waals surface area contributed by atoms with Gasteiger partial charge in [0, 0.05) is 12.2 Å². The van der Waals surface area contributed by atoms with E-state index < -0.39 is 10.0 Å². The lowest BCUT2D eigenvalue weighted by Crippen LogP contribution is -2.16. The number of hydrogen-bond donors (Lipinski definition) is 2. The summed E-state index contributed by atoms with van der Waals surface area (Å²) in [5.74, 6) is 1.01. The molecule has 1 fully saturated rings. The van der Waals surface area contributed by atoms with E-state index in [1.54, 1.807) is 29.5 Å². The van der Waals surface area contributed by atoms with E-state index in [0.29, 0.717) is 17.4 Å². The summed E-state index contributed by atoms with van der Waals surface area (Å²) in [4.78, 5) is 5.77. The first-order valence-corrected chi connectivity index (χ1v) is 14.2. The number of nitrogens with one attached hydrogen (secondary N) is 2. The fourth-order valence-electron chi connectivity index (χ4n) is 4.46. The van der Waals surface area contributed by atoms with Gasteiger partial charge in [-0.2, -0.15) is 0 Å². The van der Waals surface area contributed by atoms with Gasteiger partial charge in [0.05, 0.1) is 17.7 Å². The number of aryl methyl sites for hydroxylation is 2. The van der Waals surface area contributed by atoms with Crippen LogP contribution in [0.2, 0.25) is 0 Å². The Hall–Kier alpha value is -2.58. The first-order chi connectivity index (χ1) is 16.4. The minimum atomic E-state index is -3.85. The van der Waals surface area contributed by atoms with Gasteiger partial charge < -0.3 is 10.1 Å². The first kappa shape index (κ1) is 24.5. The van der Waals surface area contributed by atoms with Crippen LogP contribution in [-0.2, 0) is 16.4 Å². The zero-order chi connectivity index (χ0) is 24.1. The number of sulfonamides is 1. The molecule has 1 saturated carbocycles. The standard InChI is InChI=1S/C26H33N3O3S2/c1-4-19-11-8-12-22(15-19)29-34(30,31)24-16-21(13-14-23(24)32-3)25-18(2)28-26(33-25)27-17-20-9-6-5-7-10-20/h8,11-16,20,29H,4-7,9-10,17H2,1-3H3,(H,27,28). The Morgan fingerprint density at radius 2 is 1.91 bits per heavy atom. The predicted octanol–water partition coefficient (Wildman–Crippen LogP) is 6.48. The molecule has 0 unspecified atom stereocenters. The molecule has 0 saturated heterocycles. The van der Waals surface area contributed by atoms with Crippen molar-refractivity contribution < 1.29 is 13.2 Å². The second-order valence-electron chi connectivity index (χ2n) is 8.84. The summed E-state index contributed by atoms with van der Waals surface area (Å²) in [7, 11) is -2.37. The molecule has 0 aliphatic heterocycles. The Balaban J connectivity index is 1.59. The highest BCUT2D eigenvalue weighted by molar-refractivity contribution is 7.92. The number of ether oxygens (including phenoxy) is 1. The van der Waals surface area contributed by atoms with Crippen LogP contribution in [0, 0.1) is 12.8 Å². The lowest BCUT2D eigenvalue weighted by atomic mass is 9.89. The Morgan fingerprint density at radius 3 is 2.65 bits per heavy atom. The zero-order valence-electron chi connectivity index (χ0n) is 20.1. The second kappa shape index (κ2) is 10.8. The number of benzene rings is 2. The maximum Gasteiger partial charge on any atom is 0.265 e. The largest absolute Gasteiger partial charge is 0.495 e. The molecule has 6 nitrogen and oxygen atoms in total. The summed E-state index contributed by atoms with van der Waals surface area (Å²) >= 11 is 1.56. The lowest BCUT2D eigenvalue weighted by Gasteiger charge is -2.21. The molecule has 34 heavy (non-hydrogen) atoms. The number of anilines is 2. The van der Waals surface area contributed by atoms with Crippen LogP contribution in [0.3, 0.4) is 0 Å². The highest BCUT2D eigenvalue weighted by Crippen LogP contribution is 2.37. The highest BCUT2D eigenvalue weighted by Gasteiger charge is 2.22. The lowest BCUT2D eigenvalue weighted by molar-refractivity contribution is 0.373. The number of thiazole rings is 1. The molecule has 182 valence electrons. The topological polar surface area (TPSA) is 80.3 Å². The number of nitrogens with zero attached hydrogens (tertiary/aromatic N) is 1. The third-order valence-electron chi connectivity index (χ3n) is 6.37. The van der Waals surface area contributed by atoms with Crippen LogP contribution < -0.4 is 14.8 Å². The minimum Gasteiger partial charge on any atom is -0.495 e. The van der Waals surface area contributed by atoms with E-state index in [0.717, 1.165) is 39.8 Å². The van der Waals surface area contributed by atoms with Crippen LogP contribution in [-0.4, -0.2) is 27.1 Å². The van der Waals surface area contributed by atoms with Crippen molar-refractivity contribution in [2.24, 2.45) is 5.92 Å². The van der Waals surface area contributed by atoms with E-state index in [4.69, 9.17) is 9.72 Å². The summed E-state index contributed by atoms with van der Waals surface area (Å²) in [6.45, 7) is 4.94. The molecule has 1 aliphatic rings. The smallest absolute Gasteiger partial charge is 0.265 e. The van der Waals surface area contributed by atoms with Gasteiger partial charge in [0.15, 0.2) is 5.13 Å². The maximum atomic E-state index is 13.3. The van der Waals surface area contributed by atoms with Crippen molar-refractivity contribution in [3.8, 4) is 16.2 Å². The van der Waals surface area contributed by atoms with Crippen molar-refractivity contribution in [1.82, 2.24) is 4.98 Å². The van der Waals surface area contributed by atoms with Crippen molar-refractivity contribution in [3.05, 3.63) is 53.7 Å². The monoisotopic (exact) mass is 499 g/mol. The molecule has 8 heteroatoms. The molecular weight excluding hydrogens is 466 g/mol. The van der Waals surface area contributed by atoms with Gasteiger partial charge in [-0.05, 0) is 73.6 Å². The molecule has 1 heterocycles. The summed E-state index contributed by atoms with van der Waals surface area (Å²) in [5.41, 5.74) is 3.29. The Labute approximate surface area is 206 Å². The number of methoxy groups -OCH3 is 1. The summed E-state index contributed by atoms with van der Waals surface area (Å²) in [6.07, 6.45) is 7.35. The molecule has 0 spiro atoms. The quantitative estimate of drug-likeness (QED) is 0.352. The first-order valence-electron chi connectivity index (χ1n) is 11.9. The number of aromatic nitrogens is 1. The van der Waals surface area contributed by atoms with Gasteiger partial charge in [0.25, 0.3) is 10.0 Å². The Kier molecular flexibility index (Phi) is 7.78. The number of rotatable bonds is 9. The van der Waals surface area contributed by atoms with E-state index in [1.807, 2.05) is 38.1 Å². The molecular formula is C26H33N3O3S2. The molecule has 1 aliphatic carbocycles. The van der Waals surface area contributed by atoms with Crippen molar-refractivity contribution in [3.63, 3.8) is 0 Å². The van der Waals surface area contributed by atoms with Crippen LogP contribution in [0.4, 0.5) is 10.8 Å². The van der Waals surface area contributed by atoms with Gasteiger partial charge in [0.2, 0.25) is 0 Å². The fourth-order valence-corrected chi connectivity index (χ4v) is 6.67. The van der Waals surface area contributed by atoms with Crippen LogP contribution >= 0.6 is 11.3 Å².